The number of ether oxygens (including phenoxy) is 2. The van der Waals surface area contributed by atoms with Crippen molar-refractivity contribution in [3.63, 3.8) is 0 Å². The molecule has 5 heteroatoms. The molecule has 1 aliphatic rings. The van der Waals surface area contributed by atoms with E-state index >= 15 is 0 Å². The lowest BCUT2D eigenvalue weighted by Gasteiger charge is -2.32. The first-order valence-corrected chi connectivity index (χ1v) is 9.60. The molecule has 0 radical (unpaired) electrons. The summed E-state index contributed by atoms with van der Waals surface area (Å²) in [5.41, 5.74) is 2.43. The van der Waals surface area contributed by atoms with Crippen molar-refractivity contribution in [3.05, 3.63) is 59.2 Å². The van der Waals surface area contributed by atoms with Crippen molar-refractivity contribution in [2.75, 3.05) is 27.3 Å². The van der Waals surface area contributed by atoms with E-state index in [9.17, 15) is 9.59 Å². The Morgan fingerprint density at radius 3 is 2.64 bits per heavy atom. The summed E-state index contributed by atoms with van der Waals surface area (Å²) >= 11 is 0. The van der Waals surface area contributed by atoms with Gasteiger partial charge in [-0.05, 0) is 50.1 Å². The van der Waals surface area contributed by atoms with E-state index in [0.29, 0.717) is 23.6 Å². The van der Waals surface area contributed by atoms with Gasteiger partial charge in [-0.1, -0.05) is 18.2 Å². The van der Waals surface area contributed by atoms with Crippen LogP contribution in [0.15, 0.2) is 42.5 Å². The third-order valence-corrected chi connectivity index (χ3v) is 5.29. The molecular formula is C23H27NO4. The van der Waals surface area contributed by atoms with E-state index < -0.39 is 0 Å². The van der Waals surface area contributed by atoms with E-state index in [1.54, 1.807) is 39.3 Å². The minimum atomic E-state index is -0.0629. The summed E-state index contributed by atoms with van der Waals surface area (Å²) in [5.74, 6) is 1.34. The Balaban J connectivity index is 1.72. The Morgan fingerprint density at radius 2 is 1.93 bits per heavy atom. The smallest absolute Gasteiger partial charge is 0.170 e. The summed E-state index contributed by atoms with van der Waals surface area (Å²) in [6.45, 7) is 3.98. The number of methoxy groups -OCH3 is 2. The van der Waals surface area contributed by atoms with Crippen LogP contribution < -0.4 is 9.47 Å². The van der Waals surface area contributed by atoms with Gasteiger partial charge < -0.3 is 9.47 Å². The number of carbonyl (C=O) groups excluding carboxylic acids is 2. The molecule has 2 aromatic rings. The first-order valence-electron chi connectivity index (χ1n) is 9.60. The van der Waals surface area contributed by atoms with Crippen molar-refractivity contribution in [2.24, 2.45) is 5.92 Å². The number of piperidine rings is 1. The molecule has 5 nitrogen and oxygen atoms in total. The molecule has 3 rings (SSSR count). The summed E-state index contributed by atoms with van der Waals surface area (Å²) in [5, 5.41) is 0. The number of Topliss-reactive ketones (excluding diaryl/α,β-unsaturated/α-hetero) is 2. The van der Waals surface area contributed by atoms with Crippen LogP contribution in [0.1, 0.15) is 46.0 Å². The van der Waals surface area contributed by atoms with Crippen LogP contribution in [0.4, 0.5) is 0 Å². The number of likely N-dealkylation sites (tertiary alicyclic amines) is 1. The van der Waals surface area contributed by atoms with Crippen molar-refractivity contribution in [1.82, 2.24) is 4.90 Å². The molecule has 0 aliphatic carbocycles. The highest BCUT2D eigenvalue weighted by Crippen LogP contribution is 2.30. The Kier molecular flexibility index (Phi) is 6.47. The minimum absolute atomic E-state index is 0.0629. The zero-order valence-corrected chi connectivity index (χ0v) is 16.7. The highest BCUT2D eigenvalue weighted by Gasteiger charge is 2.28. The SMILES string of the molecule is COc1ccc(C(=O)[C@@H]2CCCN(Cc3cccc(C(C)=O)c3)C2)c(OC)c1. The molecule has 2 aromatic carbocycles. The molecule has 0 spiro atoms. The highest BCUT2D eigenvalue weighted by atomic mass is 16.5. The van der Waals surface area contributed by atoms with E-state index in [2.05, 4.69) is 4.90 Å². The molecule has 1 atom stereocenters. The predicted molar refractivity (Wildman–Crippen MR) is 108 cm³/mol. The van der Waals surface area contributed by atoms with E-state index in [0.717, 1.165) is 37.1 Å². The van der Waals surface area contributed by atoms with E-state index in [1.165, 1.54) is 0 Å². The predicted octanol–water partition coefficient (Wildman–Crippen LogP) is 4.00. The summed E-state index contributed by atoms with van der Waals surface area (Å²) in [7, 11) is 3.16. The van der Waals surface area contributed by atoms with Crippen molar-refractivity contribution in [2.45, 2.75) is 26.3 Å². The van der Waals surface area contributed by atoms with Crippen LogP contribution in [-0.4, -0.2) is 43.8 Å². The maximum atomic E-state index is 13.1. The van der Waals surface area contributed by atoms with Gasteiger partial charge in [0.1, 0.15) is 11.5 Å². The number of rotatable bonds is 7. The fourth-order valence-electron chi connectivity index (χ4n) is 3.78. The molecule has 28 heavy (non-hydrogen) atoms. The average Bonchev–Trinajstić information content (AvgIpc) is 2.73. The number of hydrogen-bond acceptors (Lipinski definition) is 5. The molecule has 1 fully saturated rings. The molecule has 0 amide bonds. The van der Waals surface area contributed by atoms with E-state index in [4.69, 9.17) is 9.47 Å². The largest absolute Gasteiger partial charge is 0.497 e. The van der Waals surface area contributed by atoms with Crippen LogP contribution in [0.2, 0.25) is 0 Å². The van der Waals surface area contributed by atoms with Gasteiger partial charge in [0, 0.05) is 30.6 Å². The lowest BCUT2D eigenvalue weighted by molar-refractivity contribution is 0.0808. The second-order valence-corrected chi connectivity index (χ2v) is 7.26. The zero-order chi connectivity index (χ0) is 20.1. The first-order chi connectivity index (χ1) is 13.5. The monoisotopic (exact) mass is 381 g/mol. The molecule has 0 unspecified atom stereocenters. The summed E-state index contributed by atoms with van der Waals surface area (Å²) in [4.78, 5) is 27.0. The van der Waals surface area contributed by atoms with Crippen LogP contribution >= 0.6 is 0 Å². The third kappa shape index (κ3) is 4.60. The van der Waals surface area contributed by atoms with Crippen molar-refractivity contribution in [1.29, 1.82) is 0 Å². The molecule has 0 aromatic heterocycles. The quantitative estimate of drug-likeness (QED) is 0.679. The molecule has 1 saturated heterocycles. The summed E-state index contributed by atoms with van der Waals surface area (Å²) in [6, 6.07) is 13.1. The van der Waals surface area contributed by atoms with Gasteiger partial charge in [0.2, 0.25) is 0 Å². The normalized spacial score (nSPS) is 17.2. The van der Waals surface area contributed by atoms with Crippen LogP contribution in [0, 0.1) is 5.92 Å². The van der Waals surface area contributed by atoms with Crippen molar-refractivity contribution >= 4 is 11.6 Å². The van der Waals surface area contributed by atoms with Gasteiger partial charge in [-0.3, -0.25) is 14.5 Å². The van der Waals surface area contributed by atoms with Crippen molar-refractivity contribution in [3.8, 4) is 11.5 Å². The molecule has 0 saturated carbocycles. The molecule has 1 aliphatic heterocycles. The molecule has 148 valence electrons. The maximum Gasteiger partial charge on any atom is 0.170 e. The highest BCUT2D eigenvalue weighted by molar-refractivity contribution is 6.00. The van der Waals surface area contributed by atoms with Crippen LogP contribution in [0.3, 0.4) is 0 Å². The number of hydrogen-bond donors (Lipinski definition) is 0. The minimum Gasteiger partial charge on any atom is -0.497 e. The molecule has 0 N–H and O–H groups in total. The van der Waals surface area contributed by atoms with Crippen molar-refractivity contribution < 1.29 is 19.1 Å². The first kappa shape index (κ1) is 20.1. The maximum absolute atomic E-state index is 13.1. The second kappa shape index (κ2) is 9.02. The van der Waals surface area contributed by atoms with Crippen LogP contribution in [-0.2, 0) is 6.54 Å². The second-order valence-electron chi connectivity index (χ2n) is 7.26. The van der Waals surface area contributed by atoms with Gasteiger partial charge >= 0.3 is 0 Å². The standard InChI is InChI=1S/C23H27NO4/c1-16(25)18-7-4-6-17(12-18)14-24-11-5-8-19(15-24)23(26)21-10-9-20(27-2)13-22(21)28-3/h4,6-7,9-10,12-13,19H,5,8,11,14-15H2,1-3H3/t19-/m1/s1. The summed E-state index contributed by atoms with van der Waals surface area (Å²) in [6.07, 6.45) is 1.85. The Bertz CT molecular complexity index is 861. The number of ketones is 2. The van der Waals surface area contributed by atoms with Gasteiger partial charge in [0.05, 0.1) is 19.8 Å². The topological polar surface area (TPSA) is 55.8 Å². The van der Waals surface area contributed by atoms with Crippen LogP contribution in [0.25, 0.3) is 0 Å². The van der Waals surface area contributed by atoms with E-state index in [1.807, 2.05) is 24.3 Å². The van der Waals surface area contributed by atoms with Crippen LogP contribution in [0.5, 0.6) is 11.5 Å². The third-order valence-electron chi connectivity index (χ3n) is 5.29. The van der Waals surface area contributed by atoms with Gasteiger partial charge in [-0.25, -0.2) is 0 Å². The van der Waals surface area contributed by atoms with Gasteiger partial charge in [0.25, 0.3) is 0 Å². The Hall–Kier alpha value is -2.66. The van der Waals surface area contributed by atoms with E-state index in [-0.39, 0.29) is 17.5 Å². The number of carbonyl (C=O) groups is 2. The Morgan fingerprint density at radius 1 is 1.11 bits per heavy atom. The zero-order valence-electron chi connectivity index (χ0n) is 16.7. The van der Waals surface area contributed by atoms with Gasteiger partial charge in [0.15, 0.2) is 11.6 Å². The van der Waals surface area contributed by atoms with Gasteiger partial charge in [-0.15, -0.1) is 0 Å². The molecule has 1 heterocycles. The average molecular weight is 381 g/mol. The fourth-order valence-corrected chi connectivity index (χ4v) is 3.78. The summed E-state index contributed by atoms with van der Waals surface area (Å²) < 4.78 is 10.6. The lowest BCUT2D eigenvalue weighted by atomic mass is 9.89. The fraction of sp³-hybridized carbons (Fsp3) is 0.391. The molecule has 0 bridgehead atoms. The lowest BCUT2D eigenvalue weighted by Crippen LogP contribution is -2.38. The molecular weight excluding hydrogens is 354 g/mol. The number of benzene rings is 2. The Labute approximate surface area is 166 Å². The van der Waals surface area contributed by atoms with Gasteiger partial charge in [-0.2, -0.15) is 0 Å². The number of nitrogens with zero attached hydrogens (tertiary/aromatic N) is 1.